The molecule has 0 bridgehead atoms. The van der Waals surface area contributed by atoms with Gasteiger partial charge in [0.15, 0.2) is 10.9 Å². The molecule has 2 aromatic rings. The predicted octanol–water partition coefficient (Wildman–Crippen LogP) is 2.47. The first-order valence-corrected chi connectivity index (χ1v) is 9.33. The number of rotatable bonds is 8. The number of aromatic amines is 2. The normalized spacial score (nSPS) is 12.2. The number of carbonyl (C=O) groups is 2. The van der Waals surface area contributed by atoms with Crippen molar-refractivity contribution in [2.75, 3.05) is 7.11 Å². The van der Waals surface area contributed by atoms with Crippen LogP contribution in [0.4, 0.5) is 0 Å². The molecule has 0 aliphatic carbocycles. The lowest BCUT2D eigenvalue weighted by Crippen LogP contribution is -2.20. The maximum atomic E-state index is 12.8. The van der Waals surface area contributed by atoms with Gasteiger partial charge in [-0.1, -0.05) is 25.1 Å². The van der Waals surface area contributed by atoms with Crippen molar-refractivity contribution in [3.63, 3.8) is 0 Å². The van der Waals surface area contributed by atoms with Crippen molar-refractivity contribution in [3.8, 4) is 0 Å². The number of ketones is 1. The van der Waals surface area contributed by atoms with E-state index in [1.54, 1.807) is 25.3 Å². The third-order valence-electron chi connectivity index (χ3n) is 4.18. The maximum Gasteiger partial charge on any atom is 0.343 e. The Balaban J connectivity index is 2.24. The SMILES string of the molecule is CCCCn1c(S[C@@H](C)C(=O)c2[nH]c(C)c(C(=O)OC)c2C)n[nH]c1=O. The van der Waals surface area contributed by atoms with E-state index >= 15 is 0 Å². The number of thioether (sulfide) groups is 1. The maximum absolute atomic E-state index is 12.8. The average Bonchev–Trinajstić information content (AvgIpc) is 3.11. The molecule has 0 saturated heterocycles. The fraction of sp³-hybridized carbons (Fsp3) is 0.529. The highest BCUT2D eigenvalue weighted by molar-refractivity contribution is 8.00. The van der Waals surface area contributed by atoms with Crippen LogP contribution in [0, 0.1) is 13.8 Å². The Morgan fingerprint density at radius 3 is 2.65 bits per heavy atom. The molecule has 142 valence electrons. The van der Waals surface area contributed by atoms with Crippen LogP contribution in [0.2, 0.25) is 0 Å². The number of H-pyrrole nitrogens is 2. The van der Waals surface area contributed by atoms with Gasteiger partial charge in [0.2, 0.25) is 0 Å². The fourth-order valence-corrected chi connectivity index (χ4v) is 3.67. The summed E-state index contributed by atoms with van der Waals surface area (Å²) < 4.78 is 6.32. The van der Waals surface area contributed by atoms with Crippen LogP contribution in [0.5, 0.6) is 0 Å². The molecule has 2 heterocycles. The summed E-state index contributed by atoms with van der Waals surface area (Å²) in [6.07, 6.45) is 1.81. The van der Waals surface area contributed by atoms with Crippen LogP contribution in [0.3, 0.4) is 0 Å². The lowest BCUT2D eigenvalue weighted by atomic mass is 10.1. The van der Waals surface area contributed by atoms with Gasteiger partial charge in [0, 0.05) is 12.2 Å². The predicted molar refractivity (Wildman–Crippen MR) is 99.0 cm³/mol. The zero-order valence-electron chi connectivity index (χ0n) is 15.6. The lowest BCUT2D eigenvalue weighted by molar-refractivity contribution is 0.0599. The van der Waals surface area contributed by atoms with Crippen LogP contribution in [0.15, 0.2) is 9.95 Å². The molecule has 0 saturated carbocycles. The zero-order chi connectivity index (χ0) is 19.4. The largest absolute Gasteiger partial charge is 0.465 e. The molecule has 0 radical (unpaired) electrons. The van der Waals surface area contributed by atoms with Gasteiger partial charge in [-0.05, 0) is 32.8 Å². The number of methoxy groups -OCH3 is 1. The number of unbranched alkanes of at least 4 members (excludes halogenated alkanes) is 1. The summed E-state index contributed by atoms with van der Waals surface area (Å²) in [6, 6.07) is 0. The van der Waals surface area contributed by atoms with Crippen molar-refractivity contribution in [2.45, 2.75) is 57.5 Å². The van der Waals surface area contributed by atoms with Crippen LogP contribution < -0.4 is 5.69 Å². The highest BCUT2D eigenvalue weighted by Gasteiger charge is 2.27. The minimum Gasteiger partial charge on any atom is -0.465 e. The van der Waals surface area contributed by atoms with Crippen molar-refractivity contribution >= 4 is 23.5 Å². The van der Waals surface area contributed by atoms with E-state index in [1.807, 2.05) is 6.92 Å². The van der Waals surface area contributed by atoms with Crippen molar-refractivity contribution < 1.29 is 14.3 Å². The number of Topliss-reactive ketones (excluding diaryl/α,β-unsaturated/α-hetero) is 1. The second-order valence-corrected chi connectivity index (χ2v) is 7.37. The Morgan fingerprint density at radius 2 is 2.04 bits per heavy atom. The number of carbonyl (C=O) groups excluding carboxylic acids is 2. The van der Waals surface area contributed by atoms with E-state index in [1.165, 1.54) is 18.9 Å². The molecule has 2 aromatic heterocycles. The van der Waals surface area contributed by atoms with Gasteiger partial charge >= 0.3 is 11.7 Å². The van der Waals surface area contributed by atoms with Gasteiger partial charge in [-0.3, -0.25) is 9.36 Å². The summed E-state index contributed by atoms with van der Waals surface area (Å²) in [7, 11) is 1.31. The Labute approximate surface area is 155 Å². The van der Waals surface area contributed by atoms with Crippen molar-refractivity contribution in [1.29, 1.82) is 0 Å². The van der Waals surface area contributed by atoms with Gasteiger partial charge in [0.05, 0.1) is 23.6 Å². The smallest absolute Gasteiger partial charge is 0.343 e. The summed E-state index contributed by atoms with van der Waals surface area (Å²) in [5.41, 5.74) is 1.64. The third kappa shape index (κ3) is 3.92. The van der Waals surface area contributed by atoms with E-state index in [2.05, 4.69) is 15.2 Å². The molecular weight excluding hydrogens is 356 g/mol. The quantitative estimate of drug-likeness (QED) is 0.414. The number of ether oxygens (including phenoxy) is 1. The molecule has 26 heavy (non-hydrogen) atoms. The topological polar surface area (TPSA) is 110 Å². The Bertz CT molecular complexity index is 865. The summed E-state index contributed by atoms with van der Waals surface area (Å²) in [5, 5.41) is 6.46. The van der Waals surface area contributed by atoms with Crippen LogP contribution in [0.25, 0.3) is 0 Å². The van der Waals surface area contributed by atoms with E-state index in [0.717, 1.165) is 12.8 Å². The summed E-state index contributed by atoms with van der Waals surface area (Å²) in [4.78, 5) is 39.6. The first-order valence-electron chi connectivity index (χ1n) is 8.45. The second-order valence-electron chi connectivity index (χ2n) is 6.06. The van der Waals surface area contributed by atoms with Gasteiger partial charge in [0.25, 0.3) is 0 Å². The monoisotopic (exact) mass is 380 g/mol. The van der Waals surface area contributed by atoms with Gasteiger partial charge < -0.3 is 9.72 Å². The summed E-state index contributed by atoms with van der Waals surface area (Å²) >= 11 is 1.22. The first-order chi connectivity index (χ1) is 12.3. The molecule has 8 nitrogen and oxygen atoms in total. The Hall–Kier alpha value is -2.29. The molecule has 0 aliphatic rings. The number of hydrogen-bond donors (Lipinski definition) is 2. The zero-order valence-corrected chi connectivity index (χ0v) is 16.5. The number of hydrogen-bond acceptors (Lipinski definition) is 6. The minimum absolute atomic E-state index is 0.164. The summed E-state index contributed by atoms with van der Waals surface area (Å²) in [6.45, 7) is 7.79. The third-order valence-corrected chi connectivity index (χ3v) is 5.27. The number of aryl methyl sites for hydroxylation is 1. The van der Waals surface area contributed by atoms with Crippen LogP contribution in [-0.4, -0.2) is 43.9 Å². The summed E-state index contributed by atoms with van der Waals surface area (Å²) in [5.74, 6) is -0.639. The standard InChI is InChI=1S/C17H24N4O4S/c1-6-7-8-21-16(24)19-20-17(21)26-11(4)14(22)13-9(2)12(10(3)18-13)15(23)25-5/h11,18H,6-8H2,1-5H3,(H,19,24)/t11-/m0/s1. The van der Waals surface area contributed by atoms with Crippen LogP contribution in [0.1, 0.15) is 58.8 Å². The molecule has 1 atom stereocenters. The van der Waals surface area contributed by atoms with Gasteiger partial charge in [-0.2, -0.15) is 0 Å². The molecule has 0 spiro atoms. The molecule has 0 aromatic carbocycles. The molecular formula is C17H24N4O4S. The highest BCUT2D eigenvalue weighted by atomic mass is 32.2. The molecule has 9 heteroatoms. The van der Waals surface area contributed by atoms with Gasteiger partial charge in [-0.25, -0.2) is 14.7 Å². The number of nitrogens with one attached hydrogen (secondary N) is 2. The molecule has 2 N–H and O–H groups in total. The van der Waals surface area contributed by atoms with Crippen molar-refractivity contribution in [1.82, 2.24) is 19.7 Å². The number of esters is 1. The minimum atomic E-state index is -0.479. The Morgan fingerprint density at radius 1 is 1.35 bits per heavy atom. The van der Waals surface area contributed by atoms with Crippen molar-refractivity contribution in [2.24, 2.45) is 0 Å². The van der Waals surface area contributed by atoms with Crippen LogP contribution in [-0.2, 0) is 11.3 Å². The van der Waals surface area contributed by atoms with E-state index in [9.17, 15) is 14.4 Å². The van der Waals surface area contributed by atoms with Crippen LogP contribution >= 0.6 is 11.8 Å². The van der Waals surface area contributed by atoms with E-state index in [-0.39, 0.29) is 11.5 Å². The first kappa shape index (κ1) is 20.0. The number of aromatic nitrogens is 4. The molecule has 0 amide bonds. The Kier molecular flexibility index (Phi) is 6.47. The highest BCUT2D eigenvalue weighted by Crippen LogP contribution is 2.26. The van der Waals surface area contributed by atoms with E-state index in [4.69, 9.17) is 4.74 Å². The fourth-order valence-electron chi connectivity index (χ4n) is 2.73. The average molecular weight is 380 g/mol. The molecule has 0 aliphatic heterocycles. The number of nitrogens with zero attached hydrogens (tertiary/aromatic N) is 2. The molecule has 0 fully saturated rings. The second kappa shape index (κ2) is 8.39. The van der Waals surface area contributed by atoms with Gasteiger partial charge in [-0.15, -0.1) is 5.10 Å². The van der Waals surface area contributed by atoms with E-state index < -0.39 is 11.2 Å². The van der Waals surface area contributed by atoms with Gasteiger partial charge in [0.1, 0.15) is 0 Å². The molecule has 2 rings (SSSR count). The van der Waals surface area contributed by atoms with E-state index in [0.29, 0.717) is 34.2 Å². The van der Waals surface area contributed by atoms with Crippen molar-refractivity contribution in [3.05, 3.63) is 33.0 Å². The molecule has 0 unspecified atom stereocenters. The lowest BCUT2D eigenvalue weighted by Gasteiger charge is -2.10.